The SMILES string of the molecule is COC(=O)CC1OC(C2CCC(Cl)CC2)=CC1=O. The molecule has 0 aromatic rings. The van der Waals surface area contributed by atoms with Crippen LogP contribution in [-0.2, 0) is 19.1 Å². The number of esters is 1. The van der Waals surface area contributed by atoms with Crippen molar-refractivity contribution in [2.45, 2.75) is 43.6 Å². The standard InChI is InChI=1S/C13H17ClO4/c1-17-13(16)7-12-10(15)6-11(18-12)8-2-4-9(14)5-3-8/h6,8-9,12H,2-5,7H2,1H3. The molecule has 0 saturated heterocycles. The summed E-state index contributed by atoms with van der Waals surface area (Å²) in [7, 11) is 1.30. The van der Waals surface area contributed by atoms with Gasteiger partial charge in [-0.05, 0) is 25.7 Å². The first-order valence-electron chi connectivity index (χ1n) is 6.23. The molecule has 0 aromatic carbocycles. The van der Waals surface area contributed by atoms with Gasteiger partial charge in [-0.3, -0.25) is 9.59 Å². The summed E-state index contributed by atoms with van der Waals surface area (Å²) in [5.41, 5.74) is 0. The number of rotatable bonds is 3. The van der Waals surface area contributed by atoms with Crippen LogP contribution in [0.3, 0.4) is 0 Å². The Kier molecular flexibility index (Phi) is 4.27. The van der Waals surface area contributed by atoms with E-state index in [0.717, 1.165) is 31.4 Å². The molecule has 0 radical (unpaired) electrons. The van der Waals surface area contributed by atoms with Crippen molar-refractivity contribution in [2.24, 2.45) is 5.92 Å². The minimum atomic E-state index is -0.693. The van der Waals surface area contributed by atoms with E-state index in [-0.39, 0.29) is 23.5 Å². The van der Waals surface area contributed by atoms with Crippen LogP contribution in [0.25, 0.3) is 0 Å². The number of ether oxygens (including phenoxy) is 2. The van der Waals surface area contributed by atoms with Crippen molar-refractivity contribution in [2.75, 3.05) is 7.11 Å². The molecule has 0 aromatic heterocycles. The minimum absolute atomic E-state index is 0.0137. The smallest absolute Gasteiger partial charge is 0.309 e. The molecule has 0 spiro atoms. The molecule has 2 rings (SSSR count). The lowest BCUT2D eigenvalue weighted by Crippen LogP contribution is -2.23. The largest absolute Gasteiger partial charge is 0.486 e. The average molecular weight is 273 g/mol. The highest BCUT2D eigenvalue weighted by Crippen LogP contribution is 2.35. The van der Waals surface area contributed by atoms with Crippen LogP contribution in [0, 0.1) is 5.92 Å². The predicted octanol–water partition coefficient (Wildman–Crippen LogP) is 2.20. The lowest BCUT2D eigenvalue weighted by atomic mass is 9.87. The van der Waals surface area contributed by atoms with Gasteiger partial charge in [-0.2, -0.15) is 0 Å². The molecular formula is C13H17ClO4. The zero-order chi connectivity index (χ0) is 13.1. The van der Waals surface area contributed by atoms with Crippen molar-refractivity contribution < 1.29 is 19.1 Å². The van der Waals surface area contributed by atoms with Crippen LogP contribution in [-0.4, -0.2) is 30.3 Å². The molecular weight excluding hydrogens is 256 g/mol. The van der Waals surface area contributed by atoms with Crippen molar-refractivity contribution in [3.63, 3.8) is 0 Å². The molecule has 1 aliphatic carbocycles. The highest BCUT2D eigenvalue weighted by atomic mass is 35.5. The van der Waals surface area contributed by atoms with Crippen molar-refractivity contribution >= 4 is 23.4 Å². The van der Waals surface area contributed by atoms with Crippen molar-refractivity contribution in [3.8, 4) is 0 Å². The van der Waals surface area contributed by atoms with E-state index < -0.39 is 12.1 Å². The van der Waals surface area contributed by atoms with Gasteiger partial charge in [0.05, 0.1) is 13.5 Å². The van der Waals surface area contributed by atoms with E-state index in [1.165, 1.54) is 13.2 Å². The third-order valence-electron chi connectivity index (χ3n) is 3.52. The molecule has 1 aliphatic heterocycles. The van der Waals surface area contributed by atoms with Gasteiger partial charge in [0.2, 0.25) is 0 Å². The van der Waals surface area contributed by atoms with Crippen LogP contribution < -0.4 is 0 Å². The summed E-state index contributed by atoms with van der Waals surface area (Å²) in [6.07, 6.45) is 4.61. The number of alkyl halides is 1. The molecule has 4 nitrogen and oxygen atoms in total. The molecule has 1 unspecified atom stereocenters. The lowest BCUT2D eigenvalue weighted by Gasteiger charge is -2.26. The van der Waals surface area contributed by atoms with E-state index >= 15 is 0 Å². The van der Waals surface area contributed by atoms with Gasteiger partial charge in [-0.1, -0.05) is 0 Å². The highest BCUT2D eigenvalue weighted by Gasteiger charge is 2.34. The Bertz CT molecular complexity index is 369. The number of methoxy groups -OCH3 is 1. The summed E-state index contributed by atoms with van der Waals surface area (Å²) in [6, 6.07) is 0. The first kappa shape index (κ1) is 13.4. The van der Waals surface area contributed by atoms with E-state index in [9.17, 15) is 9.59 Å². The first-order chi connectivity index (χ1) is 8.60. The molecule has 5 heteroatoms. The van der Waals surface area contributed by atoms with Gasteiger partial charge < -0.3 is 9.47 Å². The van der Waals surface area contributed by atoms with Crippen LogP contribution in [0.1, 0.15) is 32.1 Å². The van der Waals surface area contributed by atoms with Gasteiger partial charge in [-0.15, -0.1) is 11.6 Å². The summed E-state index contributed by atoms with van der Waals surface area (Å²) in [5.74, 6) is 0.430. The molecule has 0 bridgehead atoms. The topological polar surface area (TPSA) is 52.6 Å². The van der Waals surface area contributed by atoms with E-state index in [1.807, 2.05) is 0 Å². The molecule has 0 N–H and O–H groups in total. The fourth-order valence-corrected chi connectivity index (χ4v) is 2.67. The Morgan fingerprint density at radius 2 is 2.11 bits per heavy atom. The van der Waals surface area contributed by atoms with E-state index in [2.05, 4.69) is 4.74 Å². The van der Waals surface area contributed by atoms with Crippen LogP contribution in [0.5, 0.6) is 0 Å². The second-order valence-corrected chi connectivity index (χ2v) is 5.40. The number of hydrogen-bond donors (Lipinski definition) is 0. The Morgan fingerprint density at radius 3 is 2.72 bits per heavy atom. The maximum absolute atomic E-state index is 11.7. The molecule has 0 amide bonds. The number of ketones is 1. The van der Waals surface area contributed by atoms with Crippen LogP contribution in [0.2, 0.25) is 0 Å². The molecule has 2 aliphatic rings. The van der Waals surface area contributed by atoms with Gasteiger partial charge in [0.1, 0.15) is 5.76 Å². The molecule has 18 heavy (non-hydrogen) atoms. The molecule has 100 valence electrons. The number of halogens is 1. The third-order valence-corrected chi connectivity index (χ3v) is 3.96. The van der Waals surface area contributed by atoms with E-state index in [1.54, 1.807) is 0 Å². The number of carbonyl (C=O) groups is 2. The zero-order valence-electron chi connectivity index (χ0n) is 10.4. The molecule has 1 fully saturated rings. The van der Waals surface area contributed by atoms with E-state index in [0.29, 0.717) is 0 Å². The number of allylic oxidation sites excluding steroid dienone is 1. The van der Waals surface area contributed by atoms with Crippen LogP contribution >= 0.6 is 11.6 Å². The second kappa shape index (κ2) is 5.74. The fourth-order valence-electron chi connectivity index (χ4n) is 2.42. The summed E-state index contributed by atoms with van der Waals surface area (Å²) < 4.78 is 10.1. The number of hydrogen-bond acceptors (Lipinski definition) is 4. The monoisotopic (exact) mass is 272 g/mol. The summed E-state index contributed by atoms with van der Waals surface area (Å²) in [4.78, 5) is 22.9. The summed E-state index contributed by atoms with van der Waals surface area (Å²) in [6.45, 7) is 0. The Hall–Kier alpha value is -1.03. The van der Waals surface area contributed by atoms with Gasteiger partial charge in [0, 0.05) is 17.4 Å². The molecule has 1 atom stereocenters. The predicted molar refractivity (Wildman–Crippen MR) is 66.2 cm³/mol. The highest BCUT2D eigenvalue weighted by molar-refractivity contribution is 6.20. The maximum Gasteiger partial charge on any atom is 0.309 e. The van der Waals surface area contributed by atoms with Crippen molar-refractivity contribution in [1.82, 2.24) is 0 Å². The van der Waals surface area contributed by atoms with Crippen molar-refractivity contribution in [1.29, 1.82) is 0 Å². The molecule has 1 heterocycles. The lowest BCUT2D eigenvalue weighted by molar-refractivity contribution is -0.145. The van der Waals surface area contributed by atoms with Gasteiger partial charge in [-0.25, -0.2) is 0 Å². The van der Waals surface area contributed by atoms with Crippen LogP contribution in [0.15, 0.2) is 11.8 Å². The summed E-state index contributed by atoms with van der Waals surface area (Å²) in [5, 5.41) is 0.241. The third kappa shape index (κ3) is 3.05. The van der Waals surface area contributed by atoms with Gasteiger partial charge in [0.15, 0.2) is 11.9 Å². The maximum atomic E-state index is 11.7. The van der Waals surface area contributed by atoms with Gasteiger partial charge >= 0.3 is 5.97 Å². The van der Waals surface area contributed by atoms with Crippen molar-refractivity contribution in [3.05, 3.63) is 11.8 Å². The van der Waals surface area contributed by atoms with Gasteiger partial charge in [0.25, 0.3) is 0 Å². The quantitative estimate of drug-likeness (QED) is 0.584. The van der Waals surface area contributed by atoms with E-state index in [4.69, 9.17) is 16.3 Å². The first-order valence-corrected chi connectivity index (χ1v) is 6.66. The second-order valence-electron chi connectivity index (χ2n) is 4.78. The Balaban J connectivity index is 1.91. The minimum Gasteiger partial charge on any atom is -0.486 e. The fraction of sp³-hybridized carbons (Fsp3) is 0.692. The summed E-state index contributed by atoms with van der Waals surface area (Å²) >= 11 is 6.05. The average Bonchev–Trinajstić information content (AvgIpc) is 2.71. The normalized spacial score (nSPS) is 31.8. The Labute approximate surface area is 111 Å². The zero-order valence-corrected chi connectivity index (χ0v) is 11.1. The van der Waals surface area contributed by atoms with Crippen LogP contribution in [0.4, 0.5) is 0 Å². The molecule has 1 saturated carbocycles. The Morgan fingerprint density at radius 1 is 1.44 bits per heavy atom. The number of carbonyl (C=O) groups excluding carboxylic acids is 2.